The lowest BCUT2D eigenvalue weighted by molar-refractivity contribution is -0.115. The topological polar surface area (TPSA) is 46.9 Å². The van der Waals surface area contributed by atoms with Crippen LogP contribution < -0.4 is 5.32 Å². The zero-order valence-electron chi connectivity index (χ0n) is 11.8. The molecule has 21 heavy (non-hydrogen) atoms. The second-order valence-electron chi connectivity index (χ2n) is 5.45. The van der Waals surface area contributed by atoms with E-state index in [9.17, 15) is 9.18 Å². The number of halogens is 1. The van der Waals surface area contributed by atoms with Gasteiger partial charge in [-0.2, -0.15) is 5.10 Å². The minimum Gasteiger partial charge on any atom is -0.311 e. The molecule has 110 valence electrons. The summed E-state index contributed by atoms with van der Waals surface area (Å²) in [5.74, 6) is 0.342. The first-order chi connectivity index (χ1) is 10.2. The van der Waals surface area contributed by atoms with E-state index >= 15 is 0 Å². The highest BCUT2D eigenvalue weighted by Crippen LogP contribution is 2.31. The number of amides is 1. The van der Waals surface area contributed by atoms with Crippen molar-refractivity contribution in [1.82, 2.24) is 9.78 Å². The fourth-order valence-corrected chi connectivity index (χ4v) is 2.83. The van der Waals surface area contributed by atoms with E-state index in [2.05, 4.69) is 10.4 Å². The fraction of sp³-hybridized carbons (Fsp3) is 0.375. The molecule has 1 aliphatic rings. The number of hydrogen-bond donors (Lipinski definition) is 1. The maximum absolute atomic E-state index is 12.8. The highest BCUT2D eigenvalue weighted by Gasteiger charge is 2.20. The summed E-state index contributed by atoms with van der Waals surface area (Å²) in [7, 11) is 0. The molecule has 2 aromatic rings. The molecule has 1 fully saturated rings. The van der Waals surface area contributed by atoms with E-state index < -0.39 is 0 Å². The molecular weight excluding hydrogens is 269 g/mol. The van der Waals surface area contributed by atoms with Gasteiger partial charge in [0.1, 0.15) is 11.6 Å². The van der Waals surface area contributed by atoms with Gasteiger partial charge in [-0.15, -0.1) is 0 Å². The van der Waals surface area contributed by atoms with Crippen molar-refractivity contribution in [1.29, 1.82) is 0 Å². The molecule has 1 heterocycles. The molecule has 1 aromatic heterocycles. The number of anilines is 1. The van der Waals surface area contributed by atoms with Crippen LogP contribution in [-0.2, 0) is 11.2 Å². The number of benzene rings is 1. The maximum atomic E-state index is 12.8. The van der Waals surface area contributed by atoms with Crippen molar-refractivity contribution in [3.05, 3.63) is 47.9 Å². The van der Waals surface area contributed by atoms with Crippen molar-refractivity contribution in [3.8, 4) is 0 Å². The predicted molar refractivity (Wildman–Crippen MR) is 78.5 cm³/mol. The molecule has 0 aliphatic heterocycles. The number of carbonyl (C=O) groups is 1. The number of nitrogens with one attached hydrogen (secondary N) is 1. The summed E-state index contributed by atoms with van der Waals surface area (Å²) < 4.78 is 14.8. The lowest BCUT2D eigenvalue weighted by Gasteiger charge is -2.14. The summed E-state index contributed by atoms with van der Waals surface area (Å²) in [6.45, 7) is 0. The standard InChI is InChI=1S/C16H18FN3O/c17-13-7-5-12(6-8-13)11-16(21)19-15-9-10-18-20(15)14-3-1-2-4-14/h5-10,14H,1-4,11H2,(H,19,21). The maximum Gasteiger partial charge on any atom is 0.229 e. The van der Waals surface area contributed by atoms with E-state index in [-0.39, 0.29) is 18.1 Å². The predicted octanol–water partition coefficient (Wildman–Crippen LogP) is 3.32. The Balaban J connectivity index is 1.65. The van der Waals surface area contributed by atoms with Gasteiger partial charge in [-0.05, 0) is 30.5 Å². The molecule has 5 heteroatoms. The summed E-state index contributed by atoms with van der Waals surface area (Å²) in [4.78, 5) is 12.1. The van der Waals surface area contributed by atoms with Gasteiger partial charge in [0.2, 0.25) is 5.91 Å². The SMILES string of the molecule is O=C(Cc1ccc(F)cc1)Nc1ccnn1C1CCCC1. The first kappa shape index (κ1) is 13.8. The van der Waals surface area contributed by atoms with Gasteiger partial charge >= 0.3 is 0 Å². The van der Waals surface area contributed by atoms with Crippen LogP contribution in [0.25, 0.3) is 0 Å². The van der Waals surface area contributed by atoms with Gasteiger partial charge in [-0.1, -0.05) is 25.0 Å². The Morgan fingerprint density at radius 1 is 1.24 bits per heavy atom. The largest absolute Gasteiger partial charge is 0.311 e. The first-order valence-electron chi connectivity index (χ1n) is 7.30. The van der Waals surface area contributed by atoms with Gasteiger partial charge in [0.25, 0.3) is 0 Å². The molecule has 0 saturated heterocycles. The van der Waals surface area contributed by atoms with E-state index in [0.717, 1.165) is 24.2 Å². The Hall–Kier alpha value is -2.17. The third-order valence-electron chi connectivity index (χ3n) is 3.89. The molecule has 0 radical (unpaired) electrons. The van der Waals surface area contributed by atoms with Crippen LogP contribution in [0.1, 0.15) is 37.3 Å². The third kappa shape index (κ3) is 3.29. The molecule has 4 nitrogen and oxygen atoms in total. The molecule has 1 aromatic carbocycles. The summed E-state index contributed by atoms with van der Waals surface area (Å²) in [6, 6.07) is 8.20. The number of carbonyl (C=O) groups excluding carboxylic acids is 1. The van der Waals surface area contributed by atoms with E-state index in [1.165, 1.54) is 25.0 Å². The minimum absolute atomic E-state index is 0.110. The summed E-state index contributed by atoms with van der Waals surface area (Å²) in [5, 5.41) is 7.22. The van der Waals surface area contributed by atoms with Gasteiger partial charge < -0.3 is 5.32 Å². The Kier molecular flexibility index (Phi) is 3.99. The second kappa shape index (κ2) is 6.08. The van der Waals surface area contributed by atoms with Gasteiger partial charge in [0, 0.05) is 6.07 Å². The molecule has 3 rings (SSSR count). The lowest BCUT2D eigenvalue weighted by atomic mass is 10.1. The van der Waals surface area contributed by atoms with Gasteiger partial charge in [0.15, 0.2) is 0 Å². The summed E-state index contributed by atoms with van der Waals surface area (Å²) >= 11 is 0. The lowest BCUT2D eigenvalue weighted by Crippen LogP contribution is -2.19. The highest BCUT2D eigenvalue weighted by atomic mass is 19.1. The van der Waals surface area contributed by atoms with Crippen molar-refractivity contribution in [3.63, 3.8) is 0 Å². The molecule has 0 spiro atoms. The van der Waals surface area contributed by atoms with E-state index in [1.807, 2.05) is 10.7 Å². The van der Waals surface area contributed by atoms with Crippen LogP contribution >= 0.6 is 0 Å². The van der Waals surface area contributed by atoms with Gasteiger partial charge in [0.05, 0.1) is 18.7 Å². The molecule has 1 amide bonds. The van der Waals surface area contributed by atoms with Gasteiger partial charge in [-0.25, -0.2) is 9.07 Å². The highest BCUT2D eigenvalue weighted by molar-refractivity contribution is 5.91. The van der Waals surface area contributed by atoms with Crippen molar-refractivity contribution in [2.45, 2.75) is 38.1 Å². The smallest absolute Gasteiger partial charge is 0.229 e. The zero-order chi connectivity index (χ0) is 14.7. The zero-order valence-corrected chi connectivity index (χ0v) is 11.8. The second-order valence-corrected chi connectivity index (χ2v) is 5.45. The third-order valence-corrected chi connectivity index (χ3v) is 3.89. The Labute approximate surface area is 123 Å². The van der Waals surface area contributed by atoms with Crippen LogP contribution in [-0.4, -0.2) is 15.7 Å². The molecule has 0 atom stereocenters. The van der Waals surface area contributed by atoms with E-state index in [0.29, 0.717) is 6.04 Å². The number of hydrogen-bond acceptors (Lipinski definition) is 2. The summed E-state index contributed by atoms with van der Waals surface area (Å²) in [5.41, 5.74) is 0.792. The van der Waals surface area contributed by atoms with Crippen LogP contribution in [0.5, 0.6) is 0 Å². The normalized spacial score (nSPS) is 15.3. The van der Waals surface area contributed by atoms with Crippen molar-refractivity contribution in [2.24, 2.45) is 0 Å². The van der Waals surface area contributed by atoms with Crippen LogP contribution in [0.15, 0.2) is 36.5 Å². The molecule has 1 aliphatic carbocycles. The first-order valence-corrected chi connectivity index (χ1v) is 7.30. The molecule has 1 N–H and O–H groups in total. The molecule has 0 unspecified atom stereocenters. The van der Waals surface area contributed by atoms with Crippen LogP contribution in [0, 0.1) is 5.82 Å². The Morgan fingerprint density at radius 2 is 1.95 bits per heavy atom. The average molecular weight is 287 g/mol. The Bertz CT molecular complexity index is 615. The van der Waals surface area contributed by atoms with Crippen molar-refractivity contribution >= 4 is 11.7 Å². The minimum atomic E-state index is -0.293. The molecular formula is C16H18FN3O. The Morgan fingerprint density at radius 3 is 2.67 bits per heavy atom. The molecule has 1 saturated carbocycles. The van der Waals surface area contributed by atoms with Crippen LogP contribution in [0.4, 0.5) is 10.2 Å². The van der Waals surface area contributed by atoms with Gasteiger partial charge in [-0.3, -0.25) is 4.79 Å². The van der Waals surface area contributed by atoms with Crippen LogP contribution in [0.3, 0.4) is 0 Å². The number of nitrogens with zero attached hydrogens (tertiary/aromatic N) is 2. The summed E-state index contributed by atoms with van der Waals surface area (Å²) in [6.07, 6.45) is 6.61. The fourth-order valence-electron chi connectivity index (χ4n) is 2.83. The van der Waals surface area contributed by atoms with E-state index in [1.54, 1.807) is 18.3 Å². The monoisotopic (exact) mass is 287 g/mol. The molecule has 0 bridgehead atoms. The average Bonchev–Trinajstić information content (AvgIpc) is 3.11. The van der Waals surface area contributed by atoms with E-state index in [4.69, 9.17) is 0 Å². The number of rotatable bonds is 4. The van der Waals surface area contributed by atoms with Crippen molar-refractivity contribution < 1.29 is 9.18 Å². The van der Waals surface area contributed by atoms with Crippen molar-refractivity contribution in [2.75, 3.05) is 5.32 Å². The number of aromatic nitrogens is 2. The quantitative estimate of drug-likeness (QED) is 0.937. The van der Waals surface area contributed by atoms with Crippen LogP contribution in [0.2, 0.25) is 0 Å².